The van der Waals surface area contributed by atoms with Crippen LogP contribution in [0.3, 0.4) is 0 Å². The number of rotatable bonds is 4. The van der Waals surface area contributed by atoms with Crippen LogP contribution >= 0.6 is 0 Å². The molecule has 12 heteroatoms. The number of halogens is 3. The van der Waals surface area contributed by atoms with Gasteiger partial charge in [0, 0.05) is 55.6 Å². The number of alkyl halides is 3. The van der Waals surface area contributed by atoms with Crippen molar-refractivity contribution in [1.29, 1.82) is 0 Å². The van der Waals surface area contributed by atoms with Crippen molar-refractivity contribution < 1.29 is 13.2 Å². The molecule has 0 aliphatic carbocycles. The van der Waals surface area contributed by atoms with Gasteiger partial charge in [-0.05, 0) is 72.1 Å². The van der Waals surface area contributed by atoms with Gasteiger partial charge in [-0.15, -0.1) is 10.2 Å². The van der Waals surface area contributed by atoms with Crippen LogP contribution in [0.15, 0.2) is 36.5 Å². The fourth-order valence-electron chi connectivity index (χ4n) is 6.16. The monoisotopic (exact) mass is 567 g/mol. The van der Waals surface area contributed by atoms with E-state index in [-0.39, 0.29) is 5.69 Å². The van der Waals surface area contributed by atoms with Crippen molar-refractivity contribution in [3.05, 3.63) is 42.1 Å². The van der Waals surface area contributed by atoms with E-state index in [4.69, 9.17) is 4.98 Å². The SMILES string of the molecule is C[C@@H]1CN(c2nnc3cnc4ccc(-c5ccc(N6CCC(N(C)C)CC6)c(C(F)(F)F)c5)nc4n23)C[C@H](C)N1C. The third-order valence-corrected chi connectivity index (χ3v) is 8.83. The van der Waals surface area contributed by atoms with Crippen LogP contribution in [0.1, 0.15) is 32.3 Å². The van der Waals surface area contributed by atoms with Crippen LogP contribution < -0.4 is 9.80 Å². The maximum absolute atomic E-state index is 14.4. The number of piperidine rings is 1. The van der Waals surface area contributed by atoms with Crippen LogP contribution in [0.2, 0.25) is 0 Å². The van der Waals surface area contributed by atoms with Crippen molar-refractivity contribution in [3.63, 3.8) is 0 Å². The summed E-state index contributed by atoms with van der Waals surface area (Å²) in [5, 5.41) is 8.81. The Hall–Kier alpha value is -3.51. The maximum Gasteiger partial charge on any atom is 0.418 e. The summed E-state index contributed by atoms with van der Waals surface area (Å²) < 4.78 is 45.0. The Bertz CT molecular complexity index is 1550. The van der Waals surface area contributed by atoms with Gasteiger partial charge < -0.3 is 14.7 Å². The molecule has 0 spiro atoms. The topological polar surface area (TPSA) is 68.9 Å². The molecular weight excluding hydrogens is 531 g/mol. The maximum atomic E-state index is 14.4. The first-order valence-corrected chi connectivity index (χ1v) is 14.1. The second kappa shape index (κ2) is 10.4. The number of nitrogens with zero attached hydrogens (tertiary/aromatic N) is 9. The van der Waals surface area contributed by atoms with Gasteiger partial charge in [-0.25, -0.2) is 14.4 Å². The summed E-state index contributed by atoms with van der Waals surface area (Å²) in [5.74, 6) is 0.663. The van der Waals surface area contributed by atoms with Gasteiger partial charge in [0.2, 0.25) is 5.95 Å². The van der Waals surface area contributed by atoms with E-state index in [1.54, 1.807) is 30.5 Å². The molecule has 2 aliphatic heterocycles. The third kappa shape index (κ3) is 5.07. The zero-order chi connectivity index (χ0) is 29.1. The van der Waals surface area contributed by atoms with Gasteiger partial charge in [-0.3, -0.25) is 4.90 Å². The fraction of sp³-hybridized carbons (Fsp3) is 0.517. The molecule has 0 N–H and O–H groups in total. The molecule has 5 heterocycles. The smallest absolute Gasteiger partial charge is 0.371 e. The third-order valence-electron chi connectivity index (χ3n) is 8.83. The van der Waals surface area contributed by atoms with E-state index in [2.05, 4.69) is 50.8 Å². The number of anilines is 2. The van der Waals surface area contributed by atoms with Gasteiger partial charge in [0.15, 0.2) is 11.3 Å². The van der Waals surface area contributed by atoms with E-state index in [0.29, 0.717) is 65.2 Å². The highest BCUT2D eigenvalue weighted by Gasteiger charge is 2.36. The molecule has 218 valence electrons. The molecule has 9 nitrogen and oxygen atoms in total. The first-order chi connectivity index (χ1) is 19.5. The minimum Gasteiger partial charge on any atom is -0.371 e. The lowest BCUT2D eigenvalue weighted by Gasteiger charge is -2.42. The molecule has 0 saturated carbocycles. The van der Waals surface area contributed by atoms with Crippen LogP contribution in [0.4, 0.5) is 24.8 Å². The summed E-state index contributed by atoms with van der Waals surface area (Å²) in [6.45, 7) is 7.06. The zero-order valence-corrected chi connectivity index (χ0v) is 24.1. The highest BCUT2D eigenvalue weighted by molar-refractivity contribution is 5.79. The summed E-state index contributed by atoms with van der Waals surface area (Å²) in [4.78, 5) is 17.9. The Morgan fingerprint density at radius 1 is 0.927 bits per heavy atom. The van der Waals surface area contributed by atoms with E-state index in [1.165, 1.54) is 6.07 Å². The van der Waals surface area contributed by atoms with Crippen LogP contribution in [0.5, 0.6) is 0 Å². The van der Waals surface area contributed by atoms with Gasteiger partial charge in [0.25, 0.3) is 0 Å². The quantitative estimate of drug-likeness (QED) is 0.359. The highest BCUT2D eigenvalue weighted by atomic mass is 19.4. The van der Waals surface area contributed by atoms with Gasteiger partial charge in [-0.1, -0.05) is 6.07 Å². The lowest BCUT2D eigenvalue weighted by atomic mass is 10.00. The minimum atomic E-state index is -4.49. The molecule has 2 aliphatic rings. The van der Waals surface area contributed by atoms with Gasteiger partial charge >= 0.3 is 6.18 Å². The molecule has 0 unspecified atom stereocenters. The number of aromatic nitrogens is 5. The highest BCUT2D eigenvalue weighted by Crippen LogP contribution is 2.40. The Morgan fingerprint density at radius 2 is 1.63 bits per heavy atom. The number of pyridine rings is 1. The predicted molar refractivity (Wildman–Crippen MR) is 154 cm³/mol. The van der Waals surface area contributed by atoms with E-state index in [0.717, 1.165) is 25.9 Å². The molecule has 2 saturated heterocycles. The van der Waals surface area contributed by atoms with E-state index in [1.807, 2.05) is 23.4 Å². The Kier molecular flexibility index (Phi) is 7.01. The summed E-state index contributed by atoms with van der Waals surface area (Å²) in [6.07, 6.45) is -1.19. The van der Waals surface area contributed by atoms with Crippen molar-refractivity contribution in [3.8, 4) is 11.3 Å². The van der Waals surface area contributed by atoms with Crippen LogP contribution in [0, 0.1) is 0 Å². The molecule has 3 aromatic heterocycles. The molecule has 2 fully saturated rings. The Morgan fingerprint density at radius 3 is 2.29 bits per heavy atom. The van der Waals surface area contributed by atoms with Crippen molar-refractivity contribution >= 4 is 28.4 Å². The number of likely N-dealkylation sites (N-methyl/N-ethyl adjacent to an activating group) is 1. The summed E-state index contributed by atoms with van der Waals surface area (Å²) in [5.41, 5.74) is 2.11. The summed E-state index contributed by atoms with van der Waals surface area (Å²) >= 11 is 0. The number of hydrogen-bond acceptors (Lipinski definition) is 8. The lowest BCUT2D eigenvalue weighted by molar-refractivity contribution is -0.137. The molecule has 6 rings (SSSR count). The van der Waals surface area contributed by atoms with E-state index >= 15 is 0 Å². The molecule has 2 atom stereocenters. The molecular formula is C29H36F3N9. The summed E-state index contributed by atoms with van der Waals surface area (Å²) in [6, 6.07) is 9.09. The predicted octanol–water partition coefficient (Wildman–Crippen LogP) is 4.42. The number of benzene rings is 1. The van der Waals surface area contributed by atoms with Crippen LogP contribution in [-0.2, 0) is 6.18 Å². The number of hydrogen-bond donors (Lipinski definition) is 0. The van der Waals surface area contributed by atoms with Crippen LogP contribution in [-0.4, -0.2) is 99.8 Å². The second-order valence-corrected chi connectivity index (χ2v) is 11.7. The van der Waals surface area contributed by atoms with Gasteiger partial charge in [0.05, 0.1) is 17.5 Å². The van der Waals surface area contributed by atoms with Crippen molar-refractivity contribution in [2.75, 3.05) is 57.1 Å². The fourth-order valence-corrected chi connectivity index (χ4v) is 6.16. The number of piperazine rings is 1. The van der Waals surface area contributed by atoms with Crippen LogP contribution in [0.25, 0.3) is 28.1 Å². The Balaban J connectivity index is 1.40. The molecule has 0 amide bonds. The zero-order valence-electron chi connectivity index (χ0n) is 24.1. The molecule has 4 aromatic rings. The molecule has 1 aromatic carbocycles. The average Bonchev–Trinajstić information content (AvgIpc) is 3.39. The van der Waals surface area contributed by atoms with E-state index < -0.39 is 11.7 Å². The first-order valence-electron chi connectivity index (χ1n) is 14.1. The van der Waals surface area contributed by atoms with Crippen molar-refractivity contribution in [2.45, 2.75) is 51.0 Å². The minimum absolute atomic E-state index is 0.225. The number of fused-ring (bicyclic) bond motifs is 3. The normalized spacial score (nSPS) is 21.5. The standard InChI is InChI=1S/C29H36F3N9/c1-18-16-40(17-19(2)38(18)5)28-36-35-26-15-33-24-8-7-23(34-27(24)41(26)28)20-6-9-25(22(14-20)29(30,31)32)39-12-10-21(11-13-39)37(3)4/h6-9,14-15,18-19,21H,10-13,16-17H2,1-5H3/t18-,19+. The molecule has 0 radical (unpaired) electrons. The van der Waals surface area contributed by atoms with Gasteiger partial charge in [-0.2, -0.15) is 13.2 Å². The first kappa shape index (κ1) is 27.6. The van der Waals surface area contributed by atoms with Gasteiger partial charge in [0.1, 0.15) is 5.52 Å². The Labute approximate surface area is 237 Å². The average molecular weight is 568 g/mol. The van der Waals surface area contributed by atoms with E-state index in [9.17, 15) is 13.2 Å². The lowest BCUT2D eigenvalue weighted by Crippen LogP contribution is -2.55. The largest absolute Gasteiger partial charge is 0.418 e. The molecule has 0 bridgehead atoms. The summed E-state index contributed by atoms with van der Waals surface area (Å²) in [7, 11) is 6.16. The van der Waals surface area contributed by atoms with Crippen molar-refractivity contribution in [2.24, 2.45) is 0 Å². The second-order valence-electron chi connectivity index (χ2n) is 11.7. The van der Waals surface area contributed by atoms with Crippen molar-refractivity contribution in [1.82, 2.24) is 34.4 Å². The molecule has 41 heavy (non-hydrogen) atoms.